The smallest absolute Gasteiger partial charge is 0 e. The molecule has 0 saturated heterocycles. The summed E-state index contributed by atoms with van der Waals surface area (Å²) >= 11 is 0. The van der Waals surface area contributed by atoms with E-state index >= 15 is 0 Å². The van der Waals surface area contributed by atoms with Crippen molar-refractivity contribution in [1.29, 1.82) is 0 Å². The molecule has 0 fully saturated rings. The monoisotopic (exact) mass is 119 g/mol. The zero-order valence-corrected chi connectivity index (χ0v) is 2.64. The first-order chi connectivity index (χ1) is 0. The summed E-state index contributed by atoms with van der Waals surface area (Å²) in [5, 5.41) is 0. The molecule has 0 nitrogen and oxygen atoms in total. The summed E-state index contributed by atoms with van der Waals surface area (Å²) in [6.45, 7) is 0. The van der Waals surface area contributed by atoms with Crippen molar-refractivity contribution < 1.29 is 21.7 Å². The van der Waals surface area contributed by atoms with Gasteiger partial charge >= 0.3 is 0 Å². The third-order valence-corrected chi connectivity index (χ3v) is 0. The Kier molecular flexibility index (Phi) is 212. The summed E-state index contributed by atoms with van der Waals surface area (Å²) in [7, 11) is 0. The number of hydrogen-bond acceptors (Lipinski definition) is 0. The van der Waals surface area contributed by atoms with Gasteiger partial charge in [0.25, 0.3) is 0 Å². The van der Waals surface area contributed by atoms with E-state index in [4.69, 9.17) is 0 Å². The first-order valence-electron chi connectivity index (χ1n) is 0. The normalized spacial score (nSPS) is 0. The molecule has 3 radical (unpaired) electrons. The largest absolute Gasteiger partial charge is 0.187 e. The van der Waals surface area contributed by atoms with Gasteiger partial charge in [-0.3, -0.25) is 0 Å². The first kappa shape index (κ1) is 40.3. The van der Waals surface area contributed by atoms with E-state index < -0.39 is 0 Å². The Hall–Kier alpha value is 1.84. The molecule has 0 rings (SSSR count). The Morgan fingerprint density at radius 3 is 0.750 bits per heavy atom. The van der Waals surface area contributed by atoms with Crippen LogP contribution in [0.15, 0.2) is 0 Å². The van der Waals surface area contributed by atoms with Crippen LogP contribution in [-0.2, 0) is 21.7 Å². The van der Waals surface area contributed by atoms with Crippen LogP contribution in [0.3, 0.4) is 0 Å². The van der Waals surface area contributed by atoms with Gasteiger partial charge in [0, 0.05) is 30.1 Å². The predicted molar refractivity (Wildman–Crippen MR) is 25.6 cm³/mol. The Morgan fingerprint density at radius 1 is 0.750 bits per heavy atom. The average molecular weight is 119 g/mol. The molecule has 4 heteroatoms. The zero-order chi connectivity index (χ0) is 0. The molecular weight excluding hydrogens is 113 g/mol. The van der Waals surface area contributed by atoms with Gasteiger partial charge in [-0.05, 0) is 0 Å². The number of hydrogen-bond donors (Lipinski definition) is 0. The van der Waals surface area contributed by atoms with Gasteiger partial charge in [-0.25, -0.2) is 0 Å². The van der Waals surface area contributed by atoms with Crippen LogP contribution in [0, 0.1) is 0 Å². The molecule has 0 aliphatic heterocycles. The molecule has 0 saturated carbocycles. The molecule has 0 aromatic heterocycles. The van der Waals surface area contributed by atoms with Crippen molar-refractivity contribution in [3.8, 4) is 0 Å². The number of rotatable bonds is 0. The standard InChI is InChI=1S/2Al.B.Ti.6H. The van der Waals surface area contributed by atoms with Crippen LogP contribution in [0.25, 0.3) is 0 Å². The minimum Gasteiger partial charge on any atom is 0 e. The minimum absolute atomic E-state index is 0. The molecule has 0 atom stereocenters. The molecule has 0 aromatic carbocycles. The SMILES string of the molecule is [AlH3].[AlH3].[B].[Ti]. The summed E-state index contributed by atoms with van der Waals surface area (Å²) in [5.74, 6) is 0. The van der Waals surface area contributed by atoms with Gasteiger partial charge in [0.1, 0.15) is 0 Å². The van der Waals surface area contributed by atoms with Gasteiger partial charge < -0.3 is 0 Å². The van der Waals surface area contributed by atoms with Crippen LogP contribution in [0.1, 0.15) is 0 Å². The summed E-state index contributed by atoms with van der Waals surface area (Å²) in [6, 6.07) is 0. The van der Waals surface area contributed by atoms with E-state index in [0.29, 0.717) is 0 Å². The molecule has 0 aromatic rings. The Morgan fingerprint density at radius 2 is 0.750 bits per heavy atom. The molecule has 0 N–H and O–H groups in total. The van der Waals surface area contributed by atoms with Gasteiger partial charge in [0.15, 0.2) is 34.7 Å². The summed E-state index contributed by atoms with van der Waals surface area (Å²) in [6.07, 6.45) is 0. The third kappa shape index (κ3) is 9.14. The van der Waals surface area contributed by atoms with Crippen molar-refractivity contribution in [3.63, 3.8) is 0 Å². The van der Waals surface area contributed by atoms with Crippen molar-refractivity contribution >= 4 is 43.1 Å². The first-order valence-corrected chi connectivity index (χ1v) is 0. The zero-order valence-electron chi connectivity index (χ0n) is 1.08. The molecule has 0 unspecified atom stereocenters. The van der Waals surface area contributed by atoms with E-state index in [0.717, 1.165) is 0 Å². The summed E-state index contributed by atoms with van der Waals surface area (Å²) < 4.78 is 0. The van der Waals surface area contributed by atoms with Crippen LogP contribution in [0.5, 0.6) is 0 Å². The van der Waals surface area contributed by atoms with Gasteiger partial charge in [0.05, 0.1) is 0 Å². The second-order valence-corrected chi connectivity index (χ2v) is 0. The van der Waals surface area contributed by atoms with Crippen molar-refractivity contribution in [2.24, 2.45) is 0 Å². The van der Waals surface area contributed by atoms with E-state index in [1.165, 1.54) is 0 Å². The van der Waals surface area contributed by atoms with E-state index in [-0.39, 0.29) is 64.9 Å². The van der Waals surface area contributed by atoms with Crippen molar-refractivity contribution in [2.45, 2.75) is 0 Å². The second kappa shape index (κ2) is 21.0. The molecule has 0 amide bonds. The van der Waals surface area contributed by atoms with Crippen LogP contribution in [0.2, 0.25) is 0 Å². The van der Waals surface area contributed by atoms with Crippen LogP contribution in [-0.4, -0.2) is 43.1 Å². The van der Waals surface area contributed by atoms with Crippen molar-refractivity contribution in [3.05, 3.63) is 0 Å². The average Bonchev–Trinajstić information content (AvgIpc) is 0. The molecule has 0 spiro atoms. The van der Waals surface area contributed by atoms with Gasteiger partial charge in [-0.1, -0.05) is 0 Å². The van der Waals surface area contributed by atoms with E-state index in [1.807, 2.05) is 0 Å². The topological polar surface area (TPSA) is 0 Å². The molecule has 4 heavy (non-hydrogen) atoms. The fourth-order valence-corrected chi connectivity index (χ4v) is 0. The quantitative estimate of drug-likeness (QED) is 0.303. The van der Waals surface area contributed by atoms with Gasteiger partial charge in [-0.15, -0.1) is 0 Å². The maximum absolute atomic E-state index is 0. The van der Waals surface area contributed by atoms with E-state index in [2.05, 4.69) is 0 Å². The molecule has 0 bridgehead atoms. The van der Waals surface area contributed by atoms with Crippen molar-refractivity contribution in [2.75, 3.05) is 0 Å². The maximum atomic E-state index is 0. The minimum atomic E-state index is 0. The van der Waals surface area contributed by atoms with Crippen LogP contribution in [0.4, 0.5) is 0 Å². The molecule has 0 aliphatic carbocycles. The summed E-state index contributed by atoms with van der Waals surface area (Å²) in [4.78, 5) is 0. The fourth-order valence-electron chi connectivity index (χ4n) is 0. The second-order valence-electron chi connectivity index (χ2n) is 0. The van der Waals surface area contributed by atoms with Gasteiger partial charge in [-0.2, -0.15) is 0 Å². The molecular formula is H6Al2BTi. The van der Waals surface area contributed by atoms with Gasteiger partial charge in [0.2, 0.25) is 0 Å². The Bertz CT molecular complexity index is 6.00. The fraction of sp³-hybridized carbons (Fsp3) is 0. The summed E-state index contributed by atoms with van der Waals surface area (Å²) in [5.41, 5.74) is 0. The Balaban J connectivity index is 0. The predicted octanol–water partition coefficient (Wildman–Crippen LogP) is -2.75. The van der Waals surface area contributed by atoms with Crippen LogP contribution < -0.4 is 0 Å². The molecule has 0 aliphatic rings. The van der Waals surface area contributed by atoms with E-state index in [1.54, 1.807) is 0 Å². The van der Waals surface area contributed by atoms with E-state index in [9.17, 15) is 0 Å². The molecule has 0 heterocycles. The van der Waals surface area contributed by atoms with Crippen LogP contribution >= 0.6 is 0 Å². The third-order valence-electron chi connectivity index (χ3n) is 0. The Labute approximate surface area is 64.4 Å². The molecule has 19 valence electrons. The maximum Gasteiger partial charge on any atom is 0.187 e. The van der Waals surface area contributed by atoms with Crippen molar-refractivity contribution in [1.82, 2.24) is 0 Å².